The second-order valence-corrected chi connectivity index (χ2v) is 3.59. The molecule has 5 nitrogen and oxygen atoms in total. The Morgan fingerprint density at radius 2 is 2.31 bits per heavy atom. The number of nitrogens with one attached hydrogen (secondary N) is 2. The molecule has 5 heteroatoms. The minimum atomic E-state index is -0.195. The van der Waals surface area contributed by atoms with Gasteiger partial charge in [0.25, 0.3) is 5.91 Å². The van der Waals surface area contributed by atoms with Crippen LogP contribution in [0.5, 0.6) is 0 Å². The maximum Gasteiger partial charge on any atom is 0.270 e. The Hall–Kier alpha value is -1.91. The molecule has 1 heterocycles. The molecular weight excluding hydrogens is 204 g/mol. The second-order valence-electron chi connectivity index (χ2n) is 3.59. The number of carbonyl (C=O) groups excluding carboxylic acids is 1. The van der Waals surface area contributed by atoms with Crippen molar-refractivity contribution >= 4 is 11.7 Å². The van der Waals surface area contributed by atoms with E-state index in [4.69, 9.17) is 0 Å². The van der Waals surface area contributed by atoms with Crippen LogP contribution in [0.1, 0.15) is 24.3 Å². The van der Waals surface area contributed by atoms with Gasteiger partial charge in [0.2, 0.25) is 0 Å². The highest BCUT2D eigenvalue weighted by molar-refractivity contribution is 5.92. The fraction of sp³-hybridized carbons (Fsp3) is 0.364. The number of hydrogen-bond donors (Lipinski definition) is 2. The van der Waals surface area contributed by atoms with Gasteiger partial charge in [-0.2, -0.15) is 0 Å². The van der Waals surface area contributed by atoms with E-state index in [0.717, 1.165) is 0 Å². The topological polar surface area (TPSA) is 66.9 Å². The minimum Gasteiger partial charge on any atom is -0.366 e. The lowest BCUT2D eigenvalue weighted by molar-refractivity contribution is 0.0938. The summed E-state index contributed by atoms with van der Waals surface area (Å²) in [6.07, 6.45) is 3.08. The molecule has 86 valence electrons. The Bertz CT molecular complexity index is 376. The van der Waals surface area contributed by atoms with Crippen molar-refractivity contribution in [3.63, 3.8) is 0 Å². The maximum absolute atomic E-state index is 11.6. The molecule has 1 aromatic rings. The van der Waals surface area contributed by atoms with Crippen molar-refractivity contribution in [2.75, 3.05) is 11.9 Å². The van der Waals surface area contributed by atoms with Gasteiger partial charge in [-0.05, 0) is 13.8 Å². The van der Waals surface area contributed by atoms with E-state index in [0.29, 0.717) is 18.1 Å². The smallest absolute Gasteiger partial charge is 0.270 e. The monoisotopic (exact) mass is 220 g/mol. The number of nitrogens with zero attached hydrogens (tertiary/aromatic N) is 2. The van der Waals surface area contributed by atoms with Crippen LogP contribution < -0.4 is 10.6 Å². The number of anilines is 1. The predicted octanol–water partition coefficient (Wildman–Crippen LogP) is 1.21. The Morgan fingerprint density at radius 1 is 1.56 bits per heavy atom. The third-order valence-electron chi connectivity index (χ3n) is 1.75. The molecule has 0 aromatic carbocycles. The van der Waals surface area contributed by atoms with Crippen LogP contribution in [-0.2, 0) is 0 Å². The van der Waals surface area contributed by atoms with Crippen LogP contribution in [0.2, 0.25) is 0 Å². The lowest BCUT2D eigenvalue weighted by Gasteiger charge is -2.08. The van der Waals surface area contributed by atoms with E-state index in [1.807, 2.05) is 13.8 Å². The van der Waals surface area contributed by atoms with Gasteiger partial charge in [0.1, 0.15) is 17.8 Å². The number of carbonyl (C=O) groups is 1. The summed E-state index contributed by atoms with van der Waals surface area (Å²) < 4.78 is 0. The normalized spacial score (nSPS) is 9.94. The van der Waals surface area contributed by atoms with Crippen LogP contribution in [0.4, 0.5) is 5.82 Å². The highest BCUT2D eigenvalue weighted by atomic mass is 16.1. The van der Waals surface area contributed by atoms with Crippen LogP contribution in [0.25, 0.3) is 0 Å². The fourth-order valence-corrected chi connectivity index (χ4v) is 1.09. The Balaban J connectivity index is 2.73. The van der Waals surface area contributed by atoms with Gasteiger partial charge in [-0.1, -0.05) is 6.08 Å². The third kappa shape index (κ3) is 3.68. The van der Waals surface area contributed by atoms with Crippen molar-refractivity contribution < 1.29 is 4.79 Å². The summed E-state index contributed by atoms with van der Waals surface area (Å²) in [5.41, 5.74) is 0.357. The quantitative estimate of drug-likeness (QED) is 0.732. The van der Waals surface area contributed by atoms with E-state index in [2.05, 4.69) is 27.2 Å². The van der Waals surface area contributed by atoms with Gasteiger partial charge in [0.05, 0.1) is 0 Å². The Kier molecular flexibility index (Phi) is 4.44. The molecule has 0 spiro atoms. The molecular formula is C11H16N4O. The van der Waals surface area contributed by atoms with Gasteiger partial charge in [-0.15, -0.1) is 6.58 Å². The first-order valence-electron chi connectivity index (χ1n) is 5.11. The van der Waals surface area contributed by atoms with E-state index < -0.39 is 0 Å². The third-order valence-corrected chi connectivity index (χ3v) is 1.75. The van der Waals surface area contributed by atoms with Gasteiger partial charge in [0, 0.05) is 18.7 Å². The first-order valence-corrected chi connectivity index (χ1v) is 5.11. The molecule has 1 amide bonds. The van der Waals surface area contributed by atoms with Crippen LogP contribution in [0, 0.1) is 0 Å². The Labute approximate surface area is 95.0 Å². The number of amides is 1. The molecule has 0 atom stereocenters. The van der Waals surface area contributed by atoms with Gasteiger partial charge in [0.15, 0.2) is 0 Å². The Morgan fingerprint density at radius 3 is 2.94 bits per heavy atom. The van der Waals surface area contributed by atoms with E-state index >= 15 is 0 Å². The summed E-state index contributed by atoms with van der Waals surface area (Å²) in [7, 11) is 0. The molecule has 0 unspecified atom stereocenters. The zero-order valence-corrected chi connectivity index (χ0v) is 9.53. The number of aromatic nitrogens is 2. The summed E-state index contributed by atoms with van der Waals surface area (Å²) >= 11 is 0. The second kappa shape index (κ2) is 5.85. The molecule has 1 aromatic heterocycles. The van der Waals surface area contributed by atoms with Crippen molar-refractivity contribution in [3.05, 3.63) is 30.7 Å². The van der Waals surface area contributed by atoms with Crippen molar-refractivity contribution in [2.24, 2.45) is 0 Å². The summed E-state index contributed by atoms with van der Waals surface area (Å²) in [5.74, 6) is 0.419. The highest BCUT2D eigenvalue weighted by Gasteiger charge is 2.09. The van der Waals surface area contributed by atoms with Gasteiger partial charge in [-0.25, -0.2) is 9.97 Å². The van der Waals surface area contributed by atoms with Crippen LogP contribution in [0.3, 0.4) is 0 Å². The molecule has 0 saturated carbocycles. The lowest BCUT2D eigenvalue weighted by Crippen LogP contribution is -2.30. The molecule has 0 aliphatic rings. The lowest BCUT2D eigenvalue weighted by atomic mass is 10.3. The molecule has 0 saturated heterocycles. The van der Waals surface area contributed by atoms with Gasteiger partial charge >= 0.3 is 0 Å². The van der Waals surface area contributed by atoms with Crippen LogP contribution in [-0.4, -0.2) is 28.5 Å². The van der Waals surface area contributed by atoms with Gasteiger partial charge in [-0.3, -0.25) is 4.79 Å². The summed E-state index contributed by atoms with van der Waals surface area (Å²) in [4.78, 5) is 19.5. The zero-order chi connectivity index (χ0) is 12.0. The average molecular weight is 220 g/mol. The van der Waals surface area contributed by atoms with Crippen molar-refractivity contribution in [1.82, 2.24) is 15.3 Å². The minimum absolute atomic E-state index is 0.0899. The fourth-order valence-electron chi connectivity index (χ4n) is 1.09. The SMILES string of the molecule is C=CCNc1cc(C(=O)NC(C)C)ncn1. The van der Waals surface area contributed by atoms with Crippen molar-refractivity contribution in [1.29, 1.82) is 0 Å². The first kappa shape index (κ1) is 12.2. The van der Waals surface area contributed by atoms with Crippen LogP contribution in [0.15, 0.2) is 25.0 Å². The zero-order valence-electron chi connectivity index (χ0n) is 9.53. The summed E-state index contributed by atoms with van der Waals surface area (Å²) in [5, 5.41) is 5.76. The summed E-state index contributed by atoms with van der Waals surface area (Å²) in [6, 6.07) is 1.70. The van der Waals surface area contributed by atoms with E-state index in [9.17, 15) is 4.79 Å². The average Bonchev–Trinajstić information content (AvgIpc) is 2.26. The number of rotatable bonds is 5. The molecule has 2 N–H and O–H groups in total. The van der Waals surface area contributed by atoms with E-state index in [1.54, 1.807) is 12.1 Å². The number of hydrogen-bond acceptors (Lipinski definition) is 4. The summed E-state index contributed by atoms with van der Waals surface area (Å²) in [6.45, 7) is 7.98. The van der Waals surface area contributed by atoms with Gasteiger partial charge < -0.3 is 10.6 Å². The molecule has 0 aliphatic heterocycles. The predicted molar refractivity (Wildman–Crippen MR) is 63.3 cm³/mol. The maximum atomic E-state index is 11.6. The molecule has 16 heavy (non-hydrogen) atoms. The molecule has 0 bridgehead atoms. The van der Waals surface area contributed by atoms with Crippen molar-refractivity contribution in [3.8, 4) is 0 Å². The van der Waals surface area contributed by atoms with E-state index in [1.165, 1.54) is 6.33 Å². The highest BCUT2D eigenvalue weighted by Crippen LogP contribution is 2.03. The largest absolute Gasteiger partial charge is 0.366 e. The standard InChI is InChI=1S/C11H16N4O/c1-4-5-12-10-6-9(13-7-14-10)11(16)15-8(2)3/h4,6-8H,1,5H2,2-3H3,(H,15,16)(H,12,13,14). The van der Waals surface area contributed by atoms with Crippen LogP contribution >= 0.6 is 0 Å². The molecule has 0 fully saturated rings. The molecule has 1 rings (SSSR count). The first-order chi connectivity index (χ1) is 7.63. The molecule has 0 radical (unpaired) electrons. The van der Waals surface area contributed by atoms with E-state index in [-0.39, 0.29) is 11.9 Å². The van der Waals surface area contributed by atoms with Crippen molar-refractivity contribution in [2.45, 2.75) is 19.9 Å². The molecule has 0 aliphatic carbocycles.